The van der Waals surface area contributed by atoms with Crippen LogP contribution in [0.4, 0.5) is 16.2 Å². The molecule has 7 nitrogen and oxygen atoms in total. The first kappa shape index (κ1) is 28.5. The molecule has 0 unspecified atom stereocenters. The number of ether oxygens (including phenoxy) is 2. The fraction of sp³-hybridized carbons (Fsp3) is 0.129. The number of hydrogen-bond acceptors (Lipinski definition) is 5. The predicted octanol–water partition coefficient (Wildman–Crippen LogP) is 8.20. The van der Waals surface area contributed by atoms with E-state index in [9.17, 15) is 14.4 Å². The maximum absolute atomic E-state index is 14.2. The minimum Gasteiger partial charge on any atom is -0.497 e. The average molecular weight is 610 g/mol. The second-order valence-electron chi connectivity index (χ2n) is 9.27. The molecule has 0 N–H and O–H groups in total. The number of benzene rings is 4. The normalized spacial score (nSPS) is 12.7. The van der Waals surface area contributed by atoms with Gasteiger partial charge < -0.3 is 14.4 Å². The van der Waals surface area contributed by atoms with Gasteiger partial charge in [-0.25, -0.2) is 9.59 Å². The predicted molar refractivity (Wildman–Crippen MR) is 160 cm³/mol. The lowest BCUT2D eigenvalue weighted by Gasteiger charge is -2.39. The smallest absolute Gasteiger partial charge is 0.337 e. The molecule has 41 heavy (non-hydrogen) atoms. The van der Waals surface area contributed by atoms with Crippen LogP contribution >= 0.6 is 34.8 Å². The number of carbonyl (C=O) groups is 3. The Morgan fingerprint density at radius 3 is 2.20 bits per heavy atom. The van der Waals surface area contributed by atoms with E-state index in [1.807, 2.05) is 42.5 Å². The van der Waals surface area contributed by atoms with Crippen LogP contribution in [-0.2, 0) is 17.8 Å². The number of carbonyl (C=O) groups excluding carboxylic acids is 3. The Morgan fingerprint density at radius 1 is 0.902 bits per heavy atom. The molecule has 1 heterocycles. The molecule has 0 atom stereocenters. The van der Waals surface area contributed by atoms with Gasteiger partial charge in [0, 0.05) is 28.3 Å². The van der Waals surface area contributed by atoms with Gasteiger partial charge >= 0.3 is 12.0 Å². The quantitative estimate of drug-likeness (QED) is 0.156. The first-order valence-corrected chi connectivity index (χ1v) is 13.6. The van der Waals surface area contributed by atoms with Crippen LogP contribution in [0.5, 0.6) is 5.75 Å². The molecule has 0 aromatic heterocycles. The van der Waals surface area contributed by atoms with Crippen molar-refractivity contribution in [3.8, 4) is 16.9 Å². The number of rotatable bonds is 7. The van der Waals surface area contributed by atoms with Gasteiger partial charge in [-0.1, -0.05) is 65.1 Å². The second-order valence-corrected chi connectivity index (χ2v) is 10.5. The van der Waals surface area contributed by atoms with Crippen molar-refractivity contribution in [3.05, 3.63) is 110 Å². The Bertz CT molecular complexity index is 1650. The SMILES string of the molecule is COC(=O)c1cc(Cl)c(N2C(=O)N(Cc3ccc(OC)cc3)Cc3c(-c4ccccc4Cl)cc(C=O)cc32)c(Cl)c1. The standard InChI is InChI=1S/C31H23Cl3N2O5/c1-40-21-9-7-18(8-10-21)15-35-16-24-23(22-5-3-4-6-25(22)32)11-19(17-37)12-28(24)36(31(35)39)29-26(33)13-20(14-27(29)34)30(38)41-2/h3-14,17H,15-16H2,1-2H3. The zero-order valence-electron chi connectivity index (χ0n) is 22.0. The number of amides is 2. The van der Waals surface area contributed by atoms with Crippen LogP contribution in [-0.4, -0.2) is 37.4 Å². The summed E-state index contributed by atoms with van der Waals surface area (Å²) >= 11 is 20.0. The number of esters is 1. The molecule has 5 rings (SSSR count). The van der Waals surface area contributed by atoms with E-state index in [1.165, 1.54) is 24.1 Å². The van der Waals surface area contributed by atoms with Gasteiger partial charge in [-0.2, -0.15) is 0 Å². The third-order valence-corrected chi connectivity index (χ3v) is 7.70. The van der Waals surface area contributed by atoms with Crippen LogP contribution in [0.25, 0.3) is 11.1 Å². The van der Waals surface area contributed by atoms with Gasteiger partial charge in [0.2, 0.25) is 0 Å². The number of urea groups is 1. The Kier molecular flexibility index (Phi) is 8.22. The lowest BCUT2D eigenvalue weighted by Crippen LogP contribution is -2.44. The van der Waals surface area contributed by atoms with Gasteiger partial charge in [0.15, 0.2) is 0 Å². The first-order chi connectivity index (χ1) is 19.7. The van der Waals surface area contributed by atoms with Gasteiger partial charge in [-0.05, 0) is 53.6 Å². The second kappa shape index (κ2) is 11.8. The summed E-state index contributed by atoms with van der Waals surface area (Å²) < 4.78 is 10.1. The minimum absolute atomic E-state index is 0.0549. The summed E-state index contributed by atoms with van der Waals surface area (Å²) in [5.41, 5.74) is 4.04. The summed E-state index contributed by atoms with van der Waals surface area (Å²) in [6.45, 7) is 0.470. The number of halogens is 3. The Labute approximate surface area is 251 Å². The van der Waals surface area contributed by atoms with E-state index < -0.39 is 12.0 Å². The maximum Gasteiger partial charge on any atom is 0.337 e. The number of aldehydes is 1. The molecule has 1 aliphatic rings. The summed E-state index contributed by atoms with van der Waals surface area (Å²) in [7, 11) is 2.83. The topological polar surface area (TPSA) is 76.2 Å². The summed E-state index contributed by atoms with van der Waals surface area (Å²) in [5.74, 6) is 0.0634. The summed E-state index contributed by atoms with van der Waals surface area (Å²) in [4.78, 5) is 41.5. The molecule has 10 heteroatoms. The Hall–Kier alpha value is -4.04. The molecule has 208 valence electrons. The Morgan fingerprint density at radius 2 is 1.59 bits per heavy atom. The summed E-state index contributed by atoms with van der Waals surface area (Å²) in [5, 5.41) is 0.597. The molecular weight excluding hydrogens is 587 g/mol. The zero-order valence-corrected chi connectivity index (χ0v) is 24.3. The van der Waals surface area contributed by atoms with Gasteiger partial charge in [-0.15, -0.1) is 0 Å². The lowest BCUT2D eigenvalue weighted by molar-refractivity contribution is 0.0600. The van der Waals surface area contributed by atoms with Crippen LogP contribution in [0, 0.1) is 0 Å². The van der Waals surface area contributed by atoms with Gasteiger partial charge in [0.25, 0.3) is 0 Å². The van der Waals surface area contributed by atoms with Crippen LogP contribution in [0.1, 0.15) is 31.8 Å². The molecule has 0 bridgehead atoms. The van der Waals surface area contributed by atoms with Crippen molar-refractivity contribution in [1.82, 2.24) is 4.90 Å². The molecule has 0 saturated carbocycles. The van der Waals surface area contributed by atoms with E-state index >= 15 is 0 Å². The van der Waals surface area contributed by atoms with Crippen LogP contribution in [0.2, 0.25) is 15.1 Å². The molecule has 0 saturated heterocycles. The molecule has 0 aliphatic carbocycles. The highest BCUT2D eigenvalue weighted by Crippen LogP contribution is 2.47. The van der Waals surface area contributed by atoms with E-state index in [4.69, 9.17) is 44.3 Å². The van der Waals surface area contributed by atoms with Crippen molar-refractivity contribution in [3.63, 3.8) is 0 Å². The van der Waals surface area contributed by atoms with Crippen molar-refractivity contribution in [2.24, 2.45) is 0 Å². The van der Waals surface area contributed by atoms with Crippen LogP contribution < -0.4 is 9.64 Å². The van der Waals surface area contributed by atoms with Crippen molar-refractivity contribution in [2.45, 2.75) is 13.1 Å². The minimum atomic E-state index is -0.629. The number of hydrogen-bond donors (Lipinski definition) is 0. The van der Waals surface area contributed by atoms with Gasteiger partial charge in [0.1, 0.15) is 12.0 Å². The van der Waals surface area contributed by atoms with Crippen molar-refractivity contribution in [1.29, 1.82) is 0 Å². The zero-order chi connectivity index (χ0) is 29.3. The van der Waals surface area contributed by atoms with Crippen LogP contribution in [0.3, 0.4) is 0 Å². The third-order valence-electron chi connectivity index (χ3n) is 6.79. The lowest BCUT2D eigenvalue weighted by atomic mass is 9.93. The van der Waals surface area contributed by atoms with E-state index in [-0.39, 0.29) is 34.4 Å². The summed E-state index contributed by atoms with van der Waals surface area (Å²) in [6.07, 6.45) is 0.705. The molecule has 1 aliphatic heterocycles. The molecule has 0 radical (unpaired) electrons. The van der Waals surface area contributed by atoms with E-state index in [0.717, 1.165) is 11.1 Å². The molecular formula is C31H23Cl3N2O5. The Balaban J connectivity index is 1.73. The highest BCUT2D eigenvalue weighted by Gasteiger charge is 2.36. The third kappa shape index (κ3) is 5.48. The fourth-order valence-electron chi connectivity index (χ4n) is 4.84. The number of fused-ring (bicyclic) bond motifs is 1. The molecule has 4 aromatic rings. The highest BCUT2D eigenvalue weighted by molar-refractivity contribution is 6.41. The summed E-state index contributed by atoms with van der Waals surface area (Å²) in [6, 6.07) is 20.4. The highest BCUT2D eigenvalue weighted by atomic mass is 35.5. The van der Waals surface area contributed by atoms with Crippen molar-refractivity contribution >= 4 is 64.5 Å². The van der Waals surface area contributed by atoms with Crippen LogP contribution in [0.15, 0.2) is 72.8 Å². The average Bonchev–Trinajstić information content (AvgIpc) is 2.98. The molecule has 4 aromatic carbocycles. The van der Waals surface area contributed by atoms with Gasteiger partial charge in [0.05, 0.1) is 47.7 Å². The van der Waals surface area contributed by atoms with Crippen molar-refractivity contribution in [2.75, 3.05) is 19.1 Å². The van der Waals surface area contributed by atoms with Gasteiger partial charge in [-0.3, -0.25) is 9.69 Å². The monoisotopic (exact) mass is 608 g/mol. The number of methoxy groups -OCH3 is 2. The van der Waals surface area contributed by atoms with E-state index in [0.29, 0.717) is 39.4 Å². The molecule has 0 spiro atoms. The van der Waals surface area contributed by atoms with E-state index in [1.54, 1.807) is 30.2 Å². The van der Waals surface area contributed by atoms with Crippen molar-refractivity contribution < 1.29 is 23.9 Å². The first-order valence-electron chi connectivity index (χ1n) is 12.4. The maximum atomic E-state index is 14.2. The fourth-order valence-corrected chi connectivity index (χ4v) is 5.73. The molecule has 0 fully saturated rings. The largest absolute Gasteiger partial charge is 0.497 e. The van der Waals surface area contributed by atoms with E-state index in [2.05, 4.69) is 0 Å². The number of nitrogens with zero attached hydrogens (tertiary/aromatic N) is 2. The number of anilines is 2. The molecule has 2 amide bonds.